The van der Waals surface area contributed by atoms with Crippen LogP contribution in [0.1, 0.15) is 25.7 Å². The van der Waals surface area contributed by atoms with Crippen LogP contribution in [0.2, 0.25) is 0 Å². The second-order valence-electron chi connectivity index (χ2n) is 10.9. The van der Waals surface area contributed by atoms with Crippen LogP contribution in [0.25, 0.3) is 0 Å². The van der Waals surface area contributed by atoms with Crippen molar-refractivity contribution in [2.24, 2.45) is 70.0 Å². The summed E-state index contributed by atoms with van der Waals surface area (Å²) in [4.78, 5) is 13.6. The lowest BCUT2D eigenvalue weighted by atomic mass is 9.43. The lowest BCUT2D eigenvalue weighted by molar-refractivity contribution is -0.280. The van der Waals surface area contributed by atoms with E-state index in [1.807, 2.05) is 7.11 Å². The van der Waals surface area contributed by atoms with Gasteiger partial charge in [0.15, 0.2) is 0 Å². The third-order valence-corrected chi connectivity index (χ3v) is 11.7. The van der Waals surface area contributed by atoms with Gasteiger partial charge >= 0.3 is 5.97 Å². The highest BCUT2D eigenvalue weighted by Crippen LogP contribution is 3.00. The average molecular weight is 340 g/mol. The Hall–Kier alpha value is -0.610. The summed E-state index contributed by atoms with van der Waals surface area (Å²) < 4.78 is 18.7. The zero-order chi connectivity index (χ0) is 16.0. The summed E-state index contributed by atoms with van der Waals surface area (Å²) in [6, 6.07) is 0. The van der Waals surface area contributed by atoms with Crippen molar-refractivity contribution in [3.05, 3.63) is 0 Å². The Labute approximate surface area is 146 Å². The first kappa shape index (κ1) is 12.7. The Morgan fingerprint density at radius 2 is 1.72 bits per heavy atom. The number of hydrogen-bond acceptors (Lipinski definition) is 4. The summed E-state index contributed by atoms with van der Waals surface area (Å²) in [6.07, 6.45) is 5.61. The number of methoxy groups -OCH3 is 1. The van der Waals surface area contributed by atoms with Gasteiger partial charge in [0.2, 0.25) is 6.29 Å². The fourth-order valence-corrected chi connectivity index (χ4v) is 12.5. The van der Waals surface area contributed by atoms with Crippen molar-refractivity contribution in [1.82, 2.24) is 0 Å². The van der Waals surface area contributed by atoms with Gasteiger partial charge in [0.05, 0.1) is 23.0 Å². The highest BCUT2D eigenvalue weighted by Gasteiger charge is 3.04. The Balaban J connectivity index is 1.38. The molecule has 15 atom stereocenters. The molecule has 2 aliphatic heterocycles. The van der Waals surface area contributed by atoms with E-state index in [9.17, 15) is 4.79 Å². The molecule has 2 saturated heterocycles. The summed E-state index contributed by atoms with van der Waals surface area (Å²) in [5.74, 6) is 7.36. The van der Waals surface area contributed by atoms with Gasteiger partial charge in [-0.25, -0.2) is 0 Å². The van der Waals surface area contributed by atoms with E-state index in [-0.39, 0.29) is 23.1 Å². The Kier molecular flexibility index (Phi) is 1.64. The third kappa shape index (κ3) is 0.790. The Bertz CT molecular complexity index is 780. The molecule has 0 aromatic carbocycles. The molecule has 0 unspecified atom stereocenters. The molecule has 0 radical (unpaired) electrons. The van der Waals surface area contributed by atoms with Gasteiger partial charge in [0.1, 0.15) is 0 Å². The molecule has 2 heterocycles. The minimum Gasteiger partial charge on any atom is -0.435 e. The smallest absolute Gasteiger partial charge is 0.315 e. The van der Waals surface area contributed by atoms with Crippen LogP contribution in [0.4, 0.5) is 0 Å². The summed E-state index contributed by atoms with van der Waals surface area (Å²) in [6.45, 7) is 0. The second-order valence-corrected chi connectivity index (χ2v) is 10.9. The molecule has 132 valence electrons. The molecule has 0 aromatic rings. The first-order valence-corrected chi connectivity index (χ1v) is 10.7. The molecule has 0 N–H and O–H groups in total. The number of esters is 1. The van der Waals surface area contributed by atoms with Crippen LogP contribution >= 0.6 is 0 Å². The van der Waals surface area contributed by atoms with Crippen molar-refractivity contribution in [1.29, 1.82) is 0 Å². The fourth-order valence-electron chi connectivity index (χ4n) is 12.5. The summed E-state index contributed by atoms with van der Waals surface area (Å²) >= 11 is 0. The van der Waals surface area contributed by atoms with Gasteiger partial charge in [0.25, 0.3) is 0 Å². The van der Waals surface area contributed by atoms with Gasteiger partial charge in [0, 0.05) is 7.11 Å². The maximum Gasteiger partial charge on any atom is 0.315 e. The van der Waals surface area contributed by atoms with E-state index in [2.05, 4.69) is 0 Å². The summed E-state index contributed by atoms with van der Waals surface area (Å²) in [5.41, 5.74) is -0.0817. The first-order chi connectivity index (χ1) is 12.3. The predicted octanol–water partition coefficient (Wildman–Crippen LogP) is 2.07. The molecule has 10 fully saturated rings. The van der Waals surface area contributed by atoms with Gasteiger partial charge in [-0.05, 0) is 84.9 Å². The molecule has 8 saturated carbocycles. The highest BCUT2D eigenvalue weighted by molar-refractivity contribution is 5.86. The quantitative estimate of drug-likeness (QED) is 0.686. The van der Waals surface area contributed by atoms with Gasteiger partial charge in [-0.15, -0.1) is 0 Å². The molecule has 8 bridgehead atoms. The molecular formula is C21H24O4. The van der Waals surface area contributed by atoms with E-state index < -0.39 is 0 Å². The monoisotopic (exact) mass is 340 g/mol. The standard InChI is InChI=1S/C21H24O4/c1-23-8-4-2-6-10(8)16-13-12-14-7-3-5-9-11(7)17(12)21(15(6)13)19(24-9)25-18(22)20(14,16)21/h6-17,19H,2-5H2,1H3/t6-,7+,8+,9+,10+,11-,12-,13+,14+,15-,16-,17+,19-,20+,21-/m1/s1. The van der Waals surface area contributed by atoms with Crippen LogP contribution in [0.3, 0.4) is 0 Å². The van der Waals surface area contributed by atoms with E-state index in [1.54, 1.807) is 0 Å². The minimum absolute atomic E-state index is 0.0839. The number of fused-ring (bicyclic) bond motifs is 1. The normalized spacial score (nSPS) is 79.1. The number of ether oxygens (including phenoxy) is 3. The van der Waals surface area contributed by atoms with Crippen molar-refractivity contribution < 1.29 is 19.0 Å². The maximum absolute atomic E-state index is 13.6. The van der Waals surface area contributed by atoms with Gasteiger partial charge in [-0.3, -0.25) is 4.79 Å². The zero-order valence-electron chi connectivity index (χ0n) is 14.5. The molecule has 10 rings (SSSR count). The third-order valence-electron chi connectivity index (χ3n) is 11.7. The molecular weight excluding hydrogens is 316 g/mol. The Morgan fingerprint density at radius 3 is 2.60 bits per heavy atom. The van der Waals surface area contributed by atoms with Gasteiger partial charge in [-0.1, -0.05) is 0 Å². The van der Waals surface area contributed by atoms with E-state index in [0.717, 1.165) is 35.5 Å². The van der Waals surface area contributed by atoms with Crippen molar-refractivity contribution in [2.45, 2.75) is 44.2 Å². The van der Waals surface area contributed by atoms with Gasteiger partial charge < -0.3 is 14.2 Å². The zero-order valence-corrected chi connectivity index (χ0v) is 14.5. The van der Waals surface area contributed by atoms with Crippen LogP contribution in [-0.2, 0) is 19.0 Å². The molecule has 2 spiro atoms. The van der Waals surface area contributed by atoms with E-state index in [0.29, 0.717) is 35.9 Å². The number of carbonyl (C=O) groups is 1. The average Bonchev–Trinajstić information content (AvgIpc) is 3.37. The highest BCUT2D eigenvalue weighted by atomic mass is 16.7. The van der Waals surface area contributed by atoms with Crippen molar-refractivity contribution >= 4 is 5.97 Å². The lowest BCUT2D eigenvalue weighted by Gasteiger charge is -2.59. The summed E-state index contributed by atoms with van der Waals surface area (Å²) in [5, 5.41) is 0. The minimum atomic E-state index is -0.194. The SMILES string of the molecule is CO[C@H]1CC[C@@H]2[C@@H]1[C@@H]1[C@H]3[C@@H]4[C@@H]5[C@H]6CC[C@@H]7O[C@@H]8OC(=O)[C@@]15[C@@]8([C@H]4[C@H]67)[C@H]23. The molecule has 8 aliphatic carbocycles. The number of rotatable bonds is 1. The molecule has 0 amide bonds. The van der Waals surface area contributed by atoms with Crippen LogP contribution in [-0.4, -0.2) is 31.6 Å². The first-order valence-electron chi connectivity index (χ1n) is 10.7. The van der Waals surface area contributed by atoms with E-state index in [1.165, 1.54) is 25.7 Å². The maximum atomic E-state index is 13.6. The molecule has 10 aliphatic rings. The second kappa shape index (κ2) is 3.22. The van der Waals surface area contributed by atoms with Crippen molar-refractivity contribution in [3.8, 4) is 0 Å². The number of carbonyl (C=O) groups excluding carboxylic acids is 1. The van der Waals surface area contributed by atoms with Crippen LogP contribution in [0, 0.1) is 70.0 Å². The lowest BCUT2D eigenvalue weighted by Crippen LogP contribution is -2.65. The largest absolute Gasteiger partial charge is 0.435 e. The summed E-state index contributed by atoms with van der Waals surface area (Å²) in [7, 11) is 1.89. The van der Waals surface area contributed by atoms with Crippen LogP contribution in [0.5, 0.6) is 0 Å². The molecule has 4 nitrogen and oxygen atoms in total. The molecule has 4 heteroatoms. The topological polar surface area (TPSA) is 44.8 Å². The predicted molar refractivity (Wildman–Crippen MR) is 83.8 cm³/mol. The van der Waals surface area contributed by atoms with Crippen molar-refractivity contribution in [2.75, 3.05) is 7.11 Å². The van der Waals surface area contributed by atoms with E-state index in [4.69, 9.17) is 14.2 Å². The number of hydrogen-bond donors (Lipinski definition) is 0. The van der Waals surface area contributed by atoms with Gasteiger partial charge in [-0.2, -0.15) is 0 Å². The van der Waals surface area contributed by atoms with E-state index >= 15 is 0 Å². The molecule has 25 heavy (non-hydrogen) atoms. The molecule has 0 aromatic heterocycles. The fraction of sp³-hybridized carbons (Fsp3) is 0.952. The van der Waals surface area contributed by atoms with Crippen LogP contribution in [0.15, 0.2) is 0 Å². The Morgan fingerprint density at radius 1 is 0.920 bits per heavy atom. The van der Waals surface area contributed by atoms with Crippen molar-refractivity contribution in [3.63, 3.8) is 0 Å². The van der Waals surface area contributed by atoms with Crippen LogP contribution < -0.4 is 0 Å².